The SMILES string of the molecule is COc1ccc(/C=C(/C#N)C(=O)Cl)c(O)c1. The van der Waals surface area contributed by atoms with Crippen LogP contribution in [-0.4, -0.2) is 17.5 Å². The van der Waals surface area contributed by atoms with Gasteiger partial charge >= 0.3 is 0 Å². The Balaban J connectivity index is 3.16. The van der Waals surface area contributed by atoms with Crippen LogP contribution in [0.3, 0.4) is 0 Å². The van der Waals surface area contributed by atoms with E-state index >= 15 is 0 Å². The molecule has 0 radical (unpaired) electrons. The highest BCUT2D eigenvalue weighted by molar-refractivity contribution is 6.68. The molecule has 0 saturated carbocycles. The van der Waals surface area contributed by atoms with E-state index in [2.05, 4.69) is 0 Å². The smallest absolute Gasteiger partial charge is 0.262 e. The van der Waals surface area contributed by atoms with Crippen LogP contribution in [0.2, 0.25) is 0 Å². The van der Waals surface area contributed by atoms with Gasteiger partial charge < -0.3 is 9.84 Å². The van der Waals surface area contributed by atoms with Crippen molar-refractivity contribution < 1.29 is 14.6 Å². The van der Waals surface area contributed by atoms with E-state index in [4.69, 9.17) is 21.6 Å². The Morgan fingerprint density at radius 1 is 1.62 bits per heavy atom. The van der Waals surface area contributed by atoms with Crippen LogP contribution in [0.5, 0.6) is 11.5 Å². The van der Waals surface area contributed by atoms with Crippen molar-refractivity contribution in [2.75, 3.05) is 7.11 Å². The predicted octanol–water partition coefficient (Wildman–Crippen LogP) is 2.07. The van der Waals surface area contributed by atoms with E-state index < -0.39 is 5.24 Å². The van der Waals surface area contributed by atoms with E-state index in [1.54, 1.807) is 12.1 Å². The van der Waals surface area contributed by atoms with Crippen LogP contribution in [0.1, 0.15) is 5.56 Å². The molecule has 0 unspecified atom stereocenters. The van der Waals surface area contributed by atoms with Crippen molar-refractivity contribution in [3.8, 4) is 17.6 Å². The van der Waals surface area contributed by atoms with Gasteiger partial charge in [-0.3, -0.25) is 4.79 Å². The molecule has 1 aromatic rings. The first-order valence-electron chi connectivity index (χ1n) is 4.27. The number of aromatic hydroxyl groups is 1. The minimum atomic E-state index is -0.863. The second-order valence-corrected chi connectivity index (χ2v) is 3.21. The number of hydrogen-bond donors (Lipinski definition) is 1. The van der Waals surface area contributed by atoms with Crippen molar-refractivity contribution in [2.24, 2.45) is 0 Å². The van der Waals surface area contributed by atoms with E-state index in [0.717, 1.165) is 0 Å². The summed E-state index contributed by atoms with van der Waals surface area (Å²) in [6.45, 7) is 0. The fourth-order valence-electron chi connectivity index (χ4n) is 1.06. The second kappa shape index (κ2) is 5.19. The molecule has 0 aliphatic heterocycles. The molecule has 0 fully saturated rings. The Labute approximate surface area is 97.3 Å². The van der Waals surface area contributed by atoms with Crippen molar-refractivity contribution in [3.63, 3.8) is 0 Å². The average Bonchev–Trinajstić information content (AvgIpc) is 2.26. The summed E-state index contributed by atoms with van der Waals surface area (Å²) >= 11 is 5.17. The largest absolute Gasteiger partial charge is 0.507 e. The summed E-state index contributed by atoms with van der Waals surface area (Å²) in [5.41, 5.74) is 0.0912. The number of nitrogens with zero attached hydrogens (tertiary/aromatic N) is 1. The predicted molar refractivity (Wildman–Crippen MR) is 59.1 cm³/mol. The minimum absolute atomic E-state index is 0.0926. The third-order valence-electron chi connectivity index (χ3n) is 1.87. The first-order chi connectivity index (χ1) is 7.58. The summed E-state index contributed by atoms with van der Waals surface area (Å²) in [5, 5.41) is 17.3. The van der Waals surface area contributed by atoms with Crippen LogP contribution in [0.15, 0.2) is 23.8 Å². The Kier molecular flexibility index (Phi) is 3.92. The van der Waals surface area contributed by atoms with Crippen LogP contribution in [0, 0.1) is 11.3 Å². The number of carbonyl (C=O) groups excluding carboxylic acids is 1. The number of rotatable bonds is 3. The summed E-state index contributed by atoms with van der Waals surface area (Å²) in [5.74, 6) is 0.385. The second-order valence-electron chi connectivity index (χ2n) is 2.87. The number of nitriles is 1. The molecule has 0 atom stereocenters. The maximum Gasteiger partial charge on any atom is 0.262 e. The van der Waals surface area contributed by atoms with Crippen molar-refractivity contribution >= 4 is 22.9 Å². The van der Waals surface area contributed by atoms with Crippen LogP contribution < -0.4 is 4.74 Å². The number of phenols is 1. The van der Waals surface area contributed by atoms with Gasteiger partial charge in [-0.2, -0.15) is 5.26 Å². The quantitative estimate of drug-likeness (QED) is 0.496. The van der Waals surface area contributed by atoms with Crippen LogP contribution in [0.25, 0.3) is 6.08 Å². The Bertz CT molecular complexity index is 488. The van der Waals surface area contributed by atoms with Gasteiger partial charge in [-0.25, -0.2) is 0 Å². The van der Waals surface area contributed by atoms with Gasteiger partial charge in [0.05, 0.1) is 7.11 Å². The van der Waals surface area contributed by atoms with Gasteiger partial charge in [0, 0.05) is 11.6 Å². The molecule has 0 heterocycles. The molecular weight excluding hydrogens is 230 g/mol. The van der Waals surface area contributed by atoms with Crippen LogP contribution in [0.4, 0.5) is 0 Å². The number of halogens is 1. The number of benzene rings is 1. The summed E-state index contributed by atoms with van der Waals surface area (Å²) in [4.78, 5) is 10.8. The summed E-state index contributed by atoms with van der Waals surface area (Å²) in [7, 11) is 1.47. The van der Waals surface area contributed by atoms with E-state index in [9.17, 15) is 9.90 Å². The number of hydrogen-bond acceptors (Lipinski definition) is 4. The molecule has 5 heteroatoms. The highest BCUT2D eigenvalue weighted by Gasteiger charge is 2.07. The zero-order valence-corrected chi connectivity index (χ0v) is 9.15. The maximum atomic E-state index is 10.8. The zero-order valence-electron chi connectivity index (χ0n) is 8.40. The molecule has 0 spiro atoms. The Hall–Kier alpha value is -1.99. The van der Waals surface area contributed by atoms with Gasteiger partial charge in [-0.15, -0.1) is 0 Å². The summed E-state index contributed by atoms with van der Waals surface area (Å²) in [6.07, 6.45) is 1.21. The lowest BCUT2D eigenvalue weighted by molar-refractivity contribution is -0.108. The topological polar surface area (TPSA) is 70.3 Å². The van der Waals surface area contributed by atoms with Crippen LogP contribution in [-0.2, 0) is 4.79 Å². The normalized spacial score (nSPS) is 10.7. The van der Waals surface area contributed by atoms with Gasteiger partial charge in [0.2, 0.25) is 0 Å². The lowest BCUT2D eigenvalue weighted by Crippen LogP contribution is -1.90. The summed E-state index contributed by atoms with van der Waals surface area (Å²) in [6, 6.07) is 6.13. The average molecular weight is 238 g/mol. The van der Waals surface area contributed by atoms with Crippen molar-refractivity contribution in [1.29, 1.82) is 5.26 Å². The molecule has 0 bridgehead atoms. The molecule has 16 heavy (non-hydrogen) atoms. The van der Waals surface area contributed by atoms with E-state index in [0.29, 0.717) is 11.3 Å². The fourth-order valence-corrected chi connectivity index (χ4v) is 1.16. The highest BCUT2D eigenvalue weighted by atomic mass is 35.5. The van der Waals surface area contributed by atoms with Gasteiger partial charge in [0.1, 0.15) is 23.1 Å². The third kappa shape index (κ3) is 2.75. The molecular formula is C11H8ClNO3. The van der Waals surface area contributed by atoms with E-state index in [-0.39, 0.29) is 11.3 Å². The van der Waals surface area contributed by atoms with Crippen LogP contribution >= 0.6 is 11.6 Å². The van der Waals surface area contributed by atoms with Crippen molar-refractivity contribution in [1.82, 2.24) is 0 Å². The molecule has 82 valence electrons. The standard InChI is InChI=1S/C11H8ClNO3/c1-16-9-3-2-7(10(14)5-9)4-8(6-13)11(12)15/h2-5,14H,1H3/b8-4-. The van der Waals surface area contributed by atoms with E-state index in [1.165, 1.54) is 25.3 Å². The monoisotopic (exact) mass is 237 g/mol. The van der Waals surface area contributed by atoms with E-state index in [1.807, 2.05) is 0 Å². The van der Waals surface area contributed by atoms with Gasteiger partial charge in [-0.1, -0.05) is 0 Å². The molecule has 0 saturated heterocycles. The lowest BCUT2D eigenvalue weighted by Gasteiger charge is -2.03. The van der Waals surface area contributed by atoms with Gasteiger partial charge in [0.15, 0.2) is 0 Å². The van der Waals surface area contributed by atoms with Crippen molar-refractivity contribution in [3.05, 3.63) is 29.3 Å². The number of carbonyl (C=O) groups is 1. The Morgan fingerprint density at radius 2 is 2.31 bits per heavy atom. The number of methoxy groups -OCH3 is 1. The molecule has 0 aliphatic rings. The maximum absolute atomic E-state index is 10.8. The number of allylic oxidation sites excluding steroid dienone is 1. The fraction of sp³-hybridized carbons (Fsp3) is 0.0909. The first-order valence-corrected chi connectivity index (χ1v) is 4.65. The molecule has 1 N–H and O–H groups in total. The molecule has 1 rings (SSSR count). The molecule has 0 aliphatic carbocycles. The van der Waals surface area contributed by atoms with Gasteiger partial charge in [-0.05, 0) is 29.8 Å². The van der Waals surface area contributed by atoms with Crippen molar-refractivity contribution in [2.45, 2.75) is 0 Å². The zero-order chi connectivity index (χ0) is 12.1. The van der Waals surface area contributed by atoms with Gasteiger partial charge in [0.25, 0.3) is 5.24 Å². The minimum Gasteiger partial charge on any atom is -0.507 e. The third-order valence-corrected chi connectivity index (χ3v) is 2.07. The molecule has 0 amide bonds. The highest BCUT2D eigenvalue weighted by Crippen LogP contribution is 2.25. The molecule has 4 nitrogen and oxygen atoms in total. The number of ether oxygens (including phenoxy) is 1. The first kappa shape index (κ1) is 12.1. The Morgan fingerprint density at radius 3 is 2.75 bits per heavy atom. The number of phenolic OH excluding ortho intramolecular Hbond substituents is 1. The summed E-state index contributed by atoms with van der Waals surface area (Å²) < 4.78 is 4.89. The lowest BCUT2D eigenvalue weighted by atomic mass is 10.1. The molecule has 1 aromatic carbocycles. The molecule has 0 aromatic heterocycles.